The second kappa shape index (κ2) is 5.48. The standard InChI is InChI=1S/C15H19FN2OS/c1-9-4-5-11(8-12(9)16)10(2)18-14(19)15(13(17)20)6-3-7-15/h4-5,8,10H,3,6-7H2,1-2H3,(H2,17,20)(H,18,19). The lowest BCUT2D eigenvalue weighted by molar-refractivity contribution is -0.131. The summed E-state index contributed by atoms with van der Waals surface area (Å²) in [5, 5.41) is 2.89. The van der Waals surface area contributed by atoms with E-state index in [4.69, 9.17) is 18.0 Å². The van der Waals surface area contributed by atoms with Crippen molar-refractivity contribution < 1.29 is 9.18 Å². The quantitative estimate of drug-likeness (QED) is 0.840. The van der Waals surface area contributed by atoms with Crippen molar-refractivity contribution >= 4 is 23.1 Å². The molecule has 0 aliphatic heterocycles. The maximum Gasteiger partial charge on any atom is 0.233 e. The number of carbonyl (C=O) groups excluding carboxylic acids is 1. The molecule has 0 saturated heterocycles. The van der Waals surface area contributed by atoms with E-state index in [2.05, 4.69) is 5.32 Å². The van der Waals surface area contributed by atoms with Gasteiger partial charge < -0.3 is 11.1 Å². The topological polar surface area (TPSA) is 55.1 Å². The molecule has 0 bridgehead atoms. The van der Waals surface area contributed by atoms with Crippen LogP contribution in [0, 0.1) is 18.2 Å². The van der Waals surface area contributed by atoms with Gasteiger partial charge in [-0.2, -0.15) is 0 Å². The van der Waals surface area contributed by atoms with Gasteiger partial charge in [0, 0.05) is 0 Å². The highest BCUT2D eigenvalue weighted by molar-refractivity contribution is 7.80. The Hall–Kier alpha value is -1.49. The minimum atomic E-state index is -0.702. The van der Waals surface area contributed by atoms with Crippen molar-refractivity contribution in [3.63, 3.8) is 0 Å². The number of nitrogens with one attached hydrogen (secondary N) is 1. The molecule has 2 rings (SSSR count). The number of benzene rings is 1. The first-order chi connectivity index (χ1) is 9.36. The Bertz CT molecular complexity index is 555. The van der Waals surface area contributed by atoms with Gasteiger partial charge in [0.2, 0.25) is 5.91 Å². The predicted molar refractivity (Wildman–Crippen MR) is 80.8 cm³/mol. The lowest BCUT2D eigenvalue weighted by Gasteiger charge is -2.39. The van der Waals surface area contributed by atoms with Crippen molar-refractivity contribution in [3.05, 3.63) is 35.1 Å². The van der Waals surface area contributed by atoms with E-state index in [9.17, 15) is 9.18 Å². The molecule has 0 radical (unpaired) electrons. The molecule has 1 fully saturated rings. The summed E-state index contributed by atoms with van der Waals surface area (Å²) < 4.78 is 13.6. The molecule has 0 aromatic heterocycles. The molecule has 3 nitrogen and oxygen atoms in total. The van der Waals surface area contributed by atoms with Crippen molar-refractivity contribution in [1.82, 2.24) is 5.32 Å². The van der Waals surface area contributed by atoms with Crippen molar-refractivity contribution in [3.8, 4) is 0 Å². The molecule has 108 valence electrons. The number of thiocarbonyl (C=S) groups is 1. The van der Waals surface area contributed by atoms with E-state index >= 15 is 0 Å². The lowest BCUT2D eigenvalue weighted by atomic mass is 9.68. The smallest absolute Gasteiger partial charge is 0.233 e. The molecular weight excluding hydrogens is 275 g/mol. The number of amides is 1. The number of carbonyl (C=O) groups is 1. The largest absolute Gasteiger partial charge is 0.392 e. The highest BCUT2D eigenvalue weighted by Crippen LogP contribution is 2.41. The second-order valence-corrected chi connectivity index (χ2v) is 5.94. The van der Waals surface area contributed by atoms with E-state index in [1.807, 2.05) is 13.0 Å². The Labute approximate surface area is 123 Å². The van der Waals surface area contributed by atoms with Gasteiger partial charge >= 0.3 is 0 Å². The van der Waals surface area contributed by atoms with Crippen LogP contribution in [0.3, 0.4) is 0 Å². The molecule has 1 saturated carbocycles. The second-order valence-electron chi connectivity index (χ2n) is 5.50. The van der Waals surface area contributed by atoms with E-state index in [0.717, 1.165) is 12.0 Å². The molecule has 3 N–H and O–H groups in total. The van der Waals surface area contributed by atoms with Crippen LogP contribution in [0.5, 0.6) is 0 Å². The molecule has 20 heavy (non-hydrogen) atoms. The first-order valence-corrected chi connectivity index (χ1v) is 7.14. The van der Waals surface area contributed by atoms with Gasteiger partial charge in [-0.3, -0.25) is 4.79 Å². The summed E-state index contributed by atoms with van der Waals surface area (Å²) in [6.45, 7) is 3.53. The molecule has 1 aliphatic carbocycles. The molecule has 0 spiro atoms. The van der Waals surface area contributed by atoms with Crippen LogP contribution in [0.1, 0.15) is 43.4 Å². The van der Waals surface area contributed by atoms with Gasteiger partial charge in [0.15, 0.2) is 0 Å². The van der Waals surface area contributed by atoms with Crippen molar-refractivity contribution in [2.45, 2.75) is 39.2 Å². The summed E-state index contributed by atoms with van der Waals surface area (Å²) >= 11 is 5.02. The number of nitrogens with two attached hydrogens (primary N) is 1. The molecular formula is C15H19FN2OS. The van der Waals surface area contributed by atoms with Crippen LogP contribution < -0.4 is 11.1 Å². The molecule has 0 heterocycles. The minimum absolute atomic E-state index is 0.148. The maximum atomic E-state index is 13.6. The van der Waals surface area contributed by atoms with Gasteiger partial charge in [0.25, 0.3) is 0 Å². The summed E-state index contributed by atoms with van der Waals surface area (Å²) in [7, 11) is 0. The molecule has 1 amide bonds. The Kier molecular flexibility index (Phi) is 4.09. The van der Waals surface area contributed by atoms with Crippen LogP contribution in [0.2, 0.25) is 0 Å². The molecule has 5 heteroatoms. The zero-order valence-electron chi connectivity index (χ0n) is 11.7. The third-order valence-corrected chi connectivity index (χ3v) is 4.55. The van der Waals surface area contributed by atoms with Gasteiger partial charge in [0.1, 0.15) is 5.82 Å². The van der Waals surface area contributed by atoms with Gasteiger partial charge in [-0.1, -0.05) is 30.8 Å². The zero-order valence-corrected chi connectivity index (χ0v) is 12.5. The Morgan fingerprint density at radius 2 is 2.15 bits per heavy atom. The van der Waals surface area contributed by atoms with Gasteiger partial charge in [-0.25, -0.2) is 4.39 Å². The van der Waals surface area contributed by atoms with Crippen molar-refractivity contribution in [1.29, 1.82) is 0 Å². The fourth-order valence-electron chi connectivity index (χ4n) is 2.41. The van der Waals surface area contributed by atoms with Crippen LogP contribution in [-0.2, 0) is 4.79 Å². The van der Waals surface area contributed by atoms with Crippen molar-refractivity contribution in [2.24, 2.45) is 11.1 Å². The number of rotatable bonds is 4. The van der Waals surface area contributed by atoms with Gasteiger partial charge in [-0.15, -0.1) is 0 Å². The summed E-state index contributed by atoms with van der Waals surface area (Å²) in [4.78, 5) is 12.6. The highest BCUT2D eigenvalue weighted by Gasteiger charge is 2.47. The first kappa shape index (κ1) is 14.9. The third-order valence-electron chi connectivity index (χ3n) is 4.16. The summed E-state index contributed by atoms with van der Waals surface area (Å²) in [5.74, 6) is -0.416. The summed E-state index contributed by atoms with van der Waals surface area (Å²) in [6.07, 6.45) is 2.35. The minimum Gasteiger partial charge on any atom is -0.392 e. The first-order valence-electron chi connectivity index (χ1n) is 6.74. The average Bonchev–Trinajstić information content (AvgIpc) is 2.30. The molecule has 1 aromatic rings. The van der Waals surface area contributed by atoms with E-state index < -0.39 is 5.41 Å². The summed E-state index contributed by atoms with van der Waals surface area (Å²) in [6, 6.07) is 4.70. The number of aryl methyl sites for hydroxylation is 1. The van der Waals surface area contributed by atoms with E-state index in [0.29, 0.717) is 18.4 Å². The van der Waals surface area contributed by atoms with E-state index in [1.165, 1.54) is 6.07 Å². The fraction of sp³-hybridized carbons (Fsp3) is 0.467. The monoisotopic (exact) mass is 294 g/mol. The molecule has 1 aliphatic rings. The Balaban J connectivity index is 2.11. The van der Waals surface area contributed by atoms with E-state index in [1.54, 1.807) is 13.0 Å². The number of hydrogen-bond acceptors (Lipinski definition) is 2. The fourth-order valence-corrected chi connectivity index (χ4v) is 2.71. The average molecular weight is 294 g/mol. The molecule has 1 aromatic carbocycles. The lowest BCUT2D eigenvalue weighted by Crippen LogP contribution is -2.53. The van der Waals surface area contributed by atoms with E-state index in [-0.39, 0.29) is 22.8 Å². The highest BCUT2D eigenvalue weighted by atomic mass is 32.1. The normalized spacial score (nSPS) is 17.9. The Morgan fingerprint density at radius 1 is 1.50 bits per heavy atom. The van der Waals surface area contributed by atoms with Crippen LogP contribution in [-0.4, -0.2) is 10.9 Å². The molecule has 1 atom stereocenters. The van der Waals surface area contributed by atoms with Gasteiger partial charge in [0.05, 0.1) is 16.4 Å². The SMILES string of the molecule is Cc1ccc(C(C)NC(=O)C2(C(N)=S)CCC2)cc1F. The van der Waals surface area contributed by atoms with Crippen LogP contribution in [0.4, 0.5) is 4.39 Å². The molecule has 1 unspecified atom stereocenters. The van der Waals surface area contributed by atoms with Crippen LogP contribution >= 0.6 is 12.2 Å². The number of halogens is 1. The zero-order chi connectivity index (χ0) is 14.9. The van der Waals surface area contributed by atoms with Crippen molar-refractivity contribution in [2.75, 3.05) is 0 Å². The van der Waals surface area contributed by atoms with Crippen LogP contribution in [0.25, 0.3) is 0 Å². The predicted octanol–water partition coefficient (Wildman–Crippen LogP) is 2.77. The summed E-state index contributed by atoms with van der Waals surface area (Å²) in [5.41, 5.74) is 6.32. The van der Waals surface area contributed by atoms with Gasteiger partial charge in [-0.05, 0) is 43.9 Å². The maximum absolute atomic E-state index is 13.6. The third kappa shape index (κ3) is 2.54. The van der Waals surface area contributed by atoms with Crippen LogP contribution in [0.15, 0.2) is 18.2 Å². The Morgan fingerprint density at radius 3 is 2.60 bits per heavy atom. The number of hydrogen-bond donors (Lipinski definition) is 2.